The first-order valence-corrected chi connectivity index (χ1v) is 6.26. The van der Waals surface area contributed by atoms with E-state index in [1.165, 1.54) is 0 Å². The van der Waals surface area contributed by atoms with Crippen LogP contribution in [0.25, 0.3) is 5.65 Å². The Morgan fingerprint density at radius 2 is 2.18 bits per heavy atom. The van der Waals surface area contributed by atoms with Gasteiger partial charge in [-0.25, -0.2) is 18.3 Å². The zero-order chi connectivity index (χ0) is 12.0. The molecule has 0 unspecified atom stereocenters. The summed E-state index contributed by atoms with van der Waals surface area (Å²) in [5, 5.41) is 4.32. The number of fused-ring (bicyclic) bond motifs is 1. The van der Waals surface area contributed by atoms with Crippen molar-refractivity contribution in [3.05, 3.63) is 22.0 Å². The van der Waals surface area contributed by atoms with Crippen LogP contribution in [0.2, 0.25) is 0 Å². The summed E-state index contributed by atoms with van der Waals surface area (Å²) in [4.78, 5) is 5.75. The van der Waals surface area contributed by atoms with Crippen LogP contribution in [0.3, 0.4) is 0 Å². The minimum atomic E-state index is -2.60. The van der Waals surface area contributed by atoms with Crippen LogP contribution < -0.4 is 4.90 Å². The molecule has 0 aromatic carbocycles. The van der Waals surface area contributed by atoms with E-state index in [2.05, 4.69) is 32.7 Å². The van der Waals surface area contributed by atoms with E-state index in [0.717, 1.165) is 9.35 Å². The molecule has 3 rings (SSSR count). The predicted molar refractivity (Wildman–Crippen MR) is 67.5 cm³/mol. The maximum absolute atomic E-state index is 13.1. The molecule has 4 nitrogen and oxygen atoms in total. The van der Waals surface area contributed by atoms with E-state index in [4.69, 9.17) is 0 Å². The number of imidazole rings is 1. The lowest BCUT2D eigenvalue weighted by Gasteiger charge is -2.16. The molecule has 2 aromatic rings. The lowest BCUT2D eigenvalue weighted by atomic mass is 10.3. The van der Waals surface area contributed by atoms with Crippen LogP contribution in [-0.4, -0.2) is 33.6 Å². The molecule has 3 heterocycles. The van der Waals surface area contributed by atoms with Crippen LogP contribution in [0.15, 0.2) is 18.3 Å². The molecular formula is C10H9F2IN4. The number of alkyl halides is 2. The maximum Gasteiger partial charge on any atom is 0.266 e. The van der Waals surface area contributed by atoms with Crippen LogP contribution in [0.5, 0.6) is 0 Å². The summed E-state index contributed by atoms with van der Waals surface area (Å²) >= 11 is 2.11. The summed E-state index contributed by atoms with van der Waals surface area (Å²) in [6, 6.07) is 3.53. The first-order chi connectivity index (χ1) is 8.05. The Hall–Kier alpha value is -0.990. The molecule has 0 aliphatic carbocycles. The molecule has 0 radical (unpaired) electrons. The molecule has 0 N–H and O–H groups in total. The minimum Gasteiger partial charge on any atom is -0.349 e. The van der Waals surface area contributed by atoms with Crippen molar-refractivity contribution in [1.29, 1.82) is 0 Å². The number of hydrogen-bond acceptors (Lipinski definition) is 3. The topological polar surface area (TPSA) is 33.4 Å². The van der Waals surface area contributed by atoms with Gasteiger partial charge in [0.05, 0.1) is 12.7 Å². The van der Waals surface area contributed by atoms with Crippen molar-refractivity contribution in [2.24, 2.45) is 0 Å². The van der Waals surface area contributed by atoms with Gasteiger partial charge in [0.2, 0.25) is 0 Å². The Balaban J connectivity index is 1.98. The van der Waals surface area contributed by atoms with Gasteiger partial charge in [0.15, 0.2) is 5.65 Å². The number of rotatable bonds is 1. The van der Waals surface area contributed by atoms with Crippen LogP contribution in [0.1, 0.15) is 6.42 Å². The molecule has 0 spiro atoms. The Morgan fingerprint density at radius 1 is 1.35 bits per heavy atom. The third-order valence-corrected chi connectivity index (χ3v) is 3.54. The first kappa shape index (κ1) is 11.1. The summed E-state index contributed by atoms with van der Waals surface area (Å²) in [5.41, 5.74) is 0.726. The monoisotopic (exact) mass is 350 g/mol. The molecule has 17 heavy (non-hydrogen) atoms. The number of aromatic nitrogens is 3. The van der Waals surface area contributed by atoms with Gasteiger partial charge in [0.1, 0.15) is 9.52 Å². The highest BCUT2D eigenvalue weighted by atomic mass is 127. The highest BCUT2D eigenvalue weighted by Gasteiger charge is 2.38. The third kappa shape index (κ3) is 1.96. The molecule has 0 bridgehead atoms. The average molecular weight is 350 g/mol. The quantitative estimate of drug-likeness (QED) is 0.740. The zero-order valence-electron chi connectivity index (χ0n) is 8.78. The molecule has 1 aliphatic heterocycles. The van der Waals surface area contributed by atoms with E-state index in [1.54, 1.807) is 27.7 Å². The molecule has 7 heteroatoms. The molecule has 1 aliphatic rings. The van der Waals surface area contributed by atoms with Crippen LogP contribution in [0.4, 0.5) is 14.6 Å². The second kappa shape index (κ2) is 3.76. The predicted octanol–water partition coefficient (Wildman–Crippen LogP) is 2.18. The molecule has 1 fully saturated rings. The highest BCUT2D eigenvalue weighted by Crippen LogP contribution is 2.29. The lowest BCUT2D eigenvalue weighted by Crippen LogP contribution is -2.26. The van der Waals surface area contributed by atoms with Gasteiger partial charge in [-0.05, 0) is 34.7 Å². The van der Waals surface area contributed by atoms with E-state index in [1.807, 2.05) is 0 Å². The fraction of sp³-hybridized carbons (Fsp3) is 0.400. The maximum atomic E-state index is 13.1. The van der Waals surface area contributed by atoms with Gasteiger partial charge < -0.3 is 4.90 Å². The second-order valence-corrected chi connectivity index (χ2v) is 5.18. The van der Waals surface area contributed by atoms with E-state index >= 15 is 0 Å². The molecule has 0 saturated carbocycles. The van der Waals surface area contributed by atoms with Crippen molar-refractivity contribution >= 4 is 34.1 Å². The summed E-state index contributed by atoms with van der Waals surface area (Å²) in [6.45, 7) is 0.0908. The van der Waals surface area contributed by atoms with Gasteiger partial charge in [-0.1, -0.05) is 0 Å². The fourth-order valence-corrected chi connectivity index (χ4v) is 2.43. The molecule has 0 amide bonds. The van der Waals surface area contributed by atoms with Crippen molar-refractivity contribution in [3.63, 3.8) is 0 Å². The number of nitrogens with zero attached hydrogens (tertiary/aromatic N) is 4. The standard InChI is InChI=1S/C10H9F2IN4/c11-10(12)3-4-16(6-10)9-2-1-8-14-5-7(13)17(8)15-9/h1-2,5H,3-4,6H2. The Kier molecular flexibility index (Phi) is 2.46. The zero-order valence-corrected chi connectivity index (χ0v) is 10.9. The smallest absolute Gasteiger partial charge is 0.266 e. The molecule has 2 aromatic heterocycles. The van der Waals surface area contributed by atoms with E-state index in [9.17, 15) is 8.78 Å². The van der Waals surface area contributed by atoms with Gasteiger partial charge in [0, 0.05) is 13.0 Å². The van der Waals surface area contributed by atoms with E-state index in [-0.39, 0.29) is 13.0 Å². The largest absolute Gasteiger partial charge is 0.349 e. The molecule has 0 atom stereocenters. The molecule has 1 saturated heterocycles. The third-order valence-electron chi connectivity index (χ3n) is 2.80. The van der Waals surface area contributed by atoms with Crippen molar-refractivity contribution in [3.8, 4) is 0 Å². The number of anilines is 1. The minimum absolute atomic E-state index is 0.103. The SMILES string of the molecule is FC1(F)CCN(c2ccc3ncc(I)n3n2)C1. The van der Waals surface area contributed by atoms with Crippen molar-refractivity contribution in [1.82, 2.24) is 14.6 Å². The number of hydrogen-bond donors (Lipinski definition) is 0. The number of halogens is 3. The van der Waals surface area contributed by atoms with Gasteiger partial charge in [0.25, 0.3) is 5.92 Å². The molecular weight excluding hydrogens is 341 g/mol. The Morgan fingerprint density at radius 3 is 2.88 bits per heavy atom. The second-order valence-electron chi connectivity index (χ2n) is 4.07. The van der Waals surface area contributed by atoms with Crippen LogP contribution in [-0.2, 0) is 0 Å². The first-order valence-electron chi connectivity index (χ1n) is 5.18. The van der Waals surface area contributed by atoms with E-state index < -0.39 is 5.92 Å². The normalized spacial score (nSPS) is 19.1. The summed E-state index contributed by atoms with van der Waals surface area (Å²) < 4.78 is 28.8. The summed E-state index contributed by atoms with van der Waals surface area (Å²) in [5.74, 6) is -2.02. The van der Waals surface area contributed by atoms with Crippen molar-refractivity contribution < 1.29 is 8.78 Å². The average Bonchev–Trinajstić information content (AvgIpc) is 2.83. The van der Waals surface area contributed by atoms with Gasteiger partial charge in [-0.15, -0.1) is 5.10 Å². The van der Waals surface area contributed by atoms with Crippen molar-refractivity contribution in [2.45, 2.75) is 12.3 Å². The summed E-state index contributed by atoms with van der Waals surface area (Å²) in [7, 11) is 0. The fourth-order valence-electron chi connectivity index (χ4n) is 1.94. The van der Waals surface area contributed by atoms with Crippen molar-refractivity contribution in [2.75, 3.05) is 18.0 Å². The van der Waals surface area contributed by atoms with Gasteiger partial charge >= 0.3 is 0 Å². The van der Waals surface area contributed by atoms with Crippen LogP contribution in [0, 0.1) is 3.70 Å². The Labute approximate surface area is 110 Å². The van der Waals surface area contributed by atoms with Gasteiger partial charge in [-0.2, -0.15) is 0 Å². The van der Waals surface area contributed by atoms with E-state index in [0.29, 0.717) is 12.4 Å². The van der Waals surface area contributed by atoms with Gasteiger partial charge in [-0.3, -0.25) is 0 Å². The lowest BCUT2D eigenvalue weighted by molar-refractivity contribution is 0.0256. The highest BCUT2D eigenvalue weighted by molar-refractivity contribution is 14.1. The molecule has 90 valence electrons. The Bertz CT molecular complexity index is 568. The van der Waals surface area contributed by atoms with Crippen LogP contribution >= 0.6 is 22.6 Å². The summed E-state index contributed by atoms with van der Waals surface area (Å²) in [6.07, 6.45) is 1.60.